The molecule has 0 aliphatic heterocycles. The van der Waals surface area contributed by atoms with Crippen molar-refractivity contribution in [2.24, 2.45) is 0 Å². The van der Waals surface area contributed by atoms with E-state index in [9.17, 15) is 9.59 Å². The minimum absolute atomic E-state index is 0.167. The third-order valence-electron chi connectivity index (χ3n) is 4.77. The fourth-order valence-corrected chi connectivity index (χ4v) is 3.21. The Morgan fingerprint density at radius 1 is 1.03 bits per heavy atom. The van der Waals surface area contributed by atoms with E-state index in [1.807, 2.05) is 74.5 Å². The number of nitrogens with one attached hydrogen (secondary N) is 1. The molecule has 1 atom stereocenters. The molecule has 0 saturated carbocycles. The monoisotopic (exact) mass is 391 g/mol. The van der Waals surface area contributed by atoms with E-state index in [4.69, 9.17) is 4.74 Å². The highest BCUT2D eigenvalue weighted by Gasteiger charge is 2.21. The predicted molar refractivity (Wildman–Crippen MR) is 111 cm³/mol. The lowest BCUT2D eigenvalue weighted by molar-refractivity contribution is -0.124. The van der Waals surface area contributed by atoms with Gasteiger partial charge >= 0.3 is 5.97 Å². The lowest BCUT2D eigenvalue weighted by Gasteiger charge is -2.14. The number of benzene rings is 2. The van der Waals surface area contributed by atoms with Gasteiger partial charge in [-0.2, -0.15) is 5.10 Å². The third kappa shape index (κ3) is 5.10. The molecule has 0 bridgehead atoms. The number of carbonyl (C=O) groups excluding carboxylic acids is 2. The van der Waals surface area contributed by atoms with Crippen LogP contribution in [0.5, 0.6) is 0 Å². The van der Waals surface area contributed by atoms with Crippen molar-refractivity contribution < 1.29 is 14.3 Å². The number of amides is 1. The van der Waals surface area contributed by atoms with E-state index in [-0.39, 0.29) is 18.6 Å². The highest BCUT2D eigenvalue weighted by molar-refractivity contribution is 5.93. The average molecular weight is 391 g/mol. The van der Waals surface area contributed by atoms with Crippen molar-refractivity contribution >= 4 is 11.9 Å². The summed E-state index contributed by atoms with van der Waals surface area (Å²) in [6.07, 6.45) is 0. The fraction of sp³-hybridized carbons (Fsp3) is 0.261. The fourth-order valence-electron chi connectivity index (χ4n) is 3.21. The quantitative estimate of drug-likeness (QED) is 0.625. The lowest BCUT2D eigenvalue weighted by atomic mass is 10.1. The van der Waals surface area contributed by atoms with Gasteiger partial charge in [-0.1, -0.05) is 60.7 Å². The first-order valence-electron chi connectivity index (χ1n) is 9.55. The summed E-state index contributed by atoms with van der Waals surface area (Å²) >= 11 is 0. The topological polar surface area (TPSA) is 73.2 Å². The van der Waals surface area contributed by atoms with Crippen LogP contribution in [0.25, 0.3) is 0 Å². The molecule has 1 heterocycles. The molecule has 6 heteroatoms. The molecule has 3 rings (SSSR count). The molecule has 0 spiro atoms. The maximum atomic E-state index is 12.6. The molecule has 3 aromatic rings. The molecule has 0 fully saturated rings. The molecule has 0 saturated heterocycles. The van der Waals surface area contributed by atoms with Crippen LogP contribution in [0.15, 0.2) is 60.7 Å². The number of aryl methyl sites for hydroxylation is 1. The smallest absolute Gasteiger partial charge is 0.342 e. The number of rotatable bonds is 7. The van der Waals surface area contributed by atoms with Crippen LogP contribution >= 0.6 is 0 Å². The second-order valence-electron chi connectivity index (χ2n) is 6.97. The second-order valence-corrected chi connectivity index (χ2v) is 6.97. The van der Waals surface area contributed by atoms with Gasteiger partial charge in [0.05, 0.1) is 24.0 Å². The molecule has 0 aliphatic rings. The number of hydrogen-bond donors (Lipinski definition) is 1. The van der Waals surface area contributed by atoms with Crippen LogP contribution in [0.2, 0.25) is 0 Å². The second kappa shape index (κ2) is 9.19. The average Bonchev–Trinajstić information content (AvgIpc) is 3.00. The highest BCUT2D eigenvalue weighted by atomic mass is 16.5. The van der Waals surface area contributed by atoms with Gasteiger partial charge < -0.3 is 10.1 Å². The molecular formula is C23H25N3O3. The maximum Gasteiger partial charge on any atom is 0.342 e. The Hall–Kier alpha value is -3.41. The summed E-state index contributed by atoms with van der Waals surface area (Å²) in [7, 11) is 0. The molecule has 1 unspecified atom stereocenters. The lowest BCUT2D eigenvalue weighted by Crippen LogP contribution is -2.31. The van der Waals surface area contributed by atoms with Crippen LogP contribution in [0.3, 0.4) is 0 Å². The minimum Gasteiger partial charge on any atom is -0.452 e. The number of esters is 1. The largest absolute Gasteiger partial charge is 0.452 e. The van der Waals surface area contributed by atoms with Crippen LogP contribution in [0, 0.1) is 13.8 Å². The van der Waals surface area contributed by atoms with Crippen molar-refractivity contribution in [3.05, 3.63) is 88.7 Å². The number of hydrogen-bond acceptors (Lipinski definition) is 4. The van der Waals surface area contributed by atoms with Gasteiger partial charge in [-0.15, -0.1) is 0 Å². The van der Waals surface area contributed by atoms with Crippen LogP contribution < -0.4 is 5.32 Å². The van der Waals surface area contributed by atoms with Crippen LogP contribution in [-0.2, 0) is 16.1 Å². The third-order valence-corrected chi connectivity index (χ3v) is 4.77. The Morgan fingerprint density at radius 3 is 2.31 bits per heavy atom. The Balaban J connectivity index is 1.60. The summed E-state index contributed by atoms with van der Waals surface area (Å²) in [5.41, 5.74) is 3.79. The van der Waals surface area contributed by atoms with Gasteiger partial charge in [0, 0.05) is 0 Å². The maximum absolute atomic E-state index is 12.6. The van der Waals surface area contributed by atoms with Crippen molar-refractivity contribution in [3.63, 3.8) is 0 Å². The van der Waals surface area contributed by atoms with Crippen molar-refractivity contribution in [1.82, 2.24) is 15.1 Å². The molecule has 0 radical (unpaired) electrons. The Labute approximate surface area is 170 Å². The molecule has 2 aromatic carbocycles. The van der Waals surface area contributed by atoms with Crippen LogP contribution in [0.1, 0.15) is 45.8 Å². The van der Waals surface area contributed by atoms with Crippen molar-refractivity contribution in [3.8, 4) is 0 Å². The van der Waals surface area contributed by atoms with E-state index in [0.717, 1.165) is 16.8 Å². The molecule has 1 aromatic heterocycles. The standard InChI is InChI=1S/C23H25N3O3/c1-16(20-12-8-5-9-13-20)24-21(27)15-29-23(28)22-17(2)25-26(18(22)3)14-19-10-6-4-7-11-19/h4-13,16H,14-15H2,1-3H3,(H,24,27). The number of carbonyl (C=O) groups is 2. The zero-order valence-corrected chi connectivity index (χ0v) is 16.9. The summed E-state index contributed by atoms with van der Waals surface area (Å²) in [6.45, 7) is 5.71. The normalized spacial score (nSPS) is 11.7. The molecule has 6 nitrogen and oxygen atoms in total. The number of nitrogens with zero attached hydrogens (tertiary/aromatic N) is 2. The van der Waals surface area contributed by atoms with E-state index in [2.05, 4.69) is 10.4 Å². The summed E-state index contributed by atoms with van der Waals surface area (Å²) in [5.74, 6) is -0.886. The molecule has 29 heavy (non-hydrogen) atoms. The molecular weight excluding hydrogens is 366 g/mol. The summed E-state index contributed by atoms with van der Waals surface area (Å²) in [5, 5.41) is 7.29. The number of aromatic nitrogens is 2. The molecule has 0 aliphatic carbocycles. The van der Waals surface area contributed by atoms with Gasteiger partial charge in [0.2, 0.25) is 0 Å². The SMILES string of the molecule is Cc1nn(Cc2ccccc2)c(C)c1C(=O)OCC(=O)NC(C)c1ccccc1. The van der Waals surface area contributed by atoms with Gasteiger partial charge in [-0.05, 0) is 31.9 Å². The van der Waals surface area contributed by atoms with Crippen molar-refractivity contribution in [1.29, 1.82) is 0 Å². The van der Waals surface area contributed by atoms with E-state index in [0.29, 0.717) is 17.8 Å². The zero-order valence-electron chi connectivity index (χ0n) is 16.9. The summed E-state index contributed by atoms with van der Waals surface area (Å²) in [6, 6.07) is 19.3. The summed E-state index contributed by atoms with van der Waals surface area (Å²) in [4.78, 5) is 24.7. The summed E-state index contributed by atoms with van der Waals surface area (Å²) < 4.78 is 7.02. The van der Waals surface area contributed by atoms with Crippen LogP contribution in [0.4, 0.5) is 0 Å². The Kier molecular flexibility index (Phi) is 6.44. The van der Waals surface area contributed by atoms with E-state index >= 15 is 0 Å². The first kappa shape index (κ1) is 20.3. The molecule has 150 valence electrons. The predicted octanol–water partition coefficient (Wildman–Crippen LogP) is 3.58. The van der Waals surface area contributed by atoms with Crippen molar-refractivity contribution in [2.75, 3.05) is 6.61 Å². The van der Waals surface area contributed by atoms with E-state index in [1.54, 1.807) is 11.6 Å². The van der Waals surface area contributed by atoms with Crippen LogP contribution in [-0.4, -0.2) is 28.3 Å². The highest BCUT2D eigenvalue weighted by Crippen LogP contribution is 2.16. The zero-order chi connectivity index (χ0) is 20.8. The Morgan fingerprint density at radius 2 is 1.66 bits per heavy atom. The van der Waals surface area contributed by atoms with Gasteiger partial charge in [-0.3, -0.25) is 9.48 Å². The van der Waals surface area contributed by atoms with Gasteiger partial charge in [0.25, 0.3) is 5.91 Å². The van der Waals surface area contributed by atoms with Gasteiger partial charge in [-0.25, -0.2) is 4.79 Å². The molecule has 1 N–H and O–H groups in total. The number of ether oxygens (including phenoxy) is 1. The van der Waals surface area contributed by atoms with Crippen molar-refractivity contribution in [2.45, 2.75) is 33.4 Å². The first-order valence-corrected chi connectivity index (χ1v) is 9.55. The molecule has 1 amide bonds. The first-order chi connectivity index (χ1) is 14.0. The van der Waals surface area contributed by atoms with Gasteiger partial charge in [0.1, 0.15) is 5.56 Å². The van der Waals surface area contributed by atoms with E-state index < -0.39 is 5.97 Å². The Bertz CT molecular complexity index is 981. The van der Waals surface area contributed by atoms with Gasteiger partial charge in [0.15, 0.2) is 6.61 Å². The minimum atomic E-state index is -0.540. The van der Waals surface area contributed by atoms with E-state index in [1.165, 1.54) is 0 Å².